The van der Waals surface area contributed by atoms with Crippen LogP contribution in [0.5, 0.6) is 0 Å². The zero-order valence-electron chi connectivity index (χ0n) is 21.0. The van der Waals surface area contributed by atoms with Crippen LogP contribution in [0, 0.1) is 5.92 Å². The Morgan fingerprint density at radius 2 is 1.86 bits per heavy atom. The topological polar surface area (TPSA) is 84.5 Å². The van der Waals surface area contributed by atoms with Crippen molar-refractivity contribution in [2.45, 2.75) is 38.1 Å². The molecule has 0 saturated heterocycles. The number of aromatic nitrogens is 2. The molecule has 4 aromatic rings. The Morgan fingerprint density at radius 1 is 1.14 bits per heavy atom. The van der Waals surface area contributed by atoms with Gasteiger partial charge in [0.05, 0.1) is 5.39 Å². The van der Waals surface area contributed by atoms with Gasteiger partial charge < -0.3 is 10.0 Å². The Hall–Kier alpha value is -3.04. The third-order valence-electron chi connectivity index (χ3n) is 6.19. The molecule has 2 heterocycles. The minimum absolute atomic E-state index is 0.245. The number of rotatable bonds is 9. The molecule has 0 saturated carbocycles. The van der Waals surface area contributed by atoms with E-state index in [-0.39, 0.29) is 17.2 Å². The molecule has 0 aliphatic rings. The molecular formula is C27H31N3O4S2. The van der Waals surface area contributed by atoms with Gasteiger partial charge in [-0.25, -0.2) is 9.59 Å². The van der Waals surface area contributed by atoms with Crippen molar-refractivity contribution >= 4 is 50.2 Å². The minimum atomic E-state index is -0.954. The van der Waals surface area contributed by atoms with E-state index in [1.165, 1.54) is 31.8 Å². The van der Waals surface area contributed by atoms with Gasteiger partial charge in [-0.1, -0.05) is 56.3 Å². The van der Waals surface area contributed by atoms with Gasteiger partial charge in [-0.05, 0) is 34.4 Å². The van der Waals surface area contributed by atoms with Crippen LogP contribution in [-0.4, -0.2) is 44.6 Å². The van der Waals surface area contributed by atoms with Crippen LogP contribution >= 0.6 is 23.1 Å². The third-order valence-corrected chi connectivity index (χ3v) is 8.76. The van der Waals surface area contributed by atoms with Gasteiger partial charge in [-0.2, -0.15) is 0 Å². The lowest BCUT2D eigenvalue weighted by atomic mass is 10.0. The number of thioether (sulfide) groups is 1. The Morgan fingerprint density at radius 3 is 2.58 bits per heavy atom. The fraction of sp³-hybridized carbons (Fsp3) is 0.370. The number of carboxylic acid groups (broad SMARTS) is 1. The van der Waals surface area contributed by atoms with Crippen LogP contribution in [0.25, 0.3) is 21.0 Å². The first-order valence-corrected chi connectivity index (χ1v) is 13.8. The first-order valence-electron chi connectivity index (χ1n) is 12.0. The Labute approximate surface area is 218 Å². The second-order valence-electron chi connectivity index (χ2n) is 9.41. The maximum atomic E-state index is 13.4. The molecule has 0 aliphatic heterocycles. The summed E-state index contributed by atoms with van der Waals surface area (Å²) in [7, 11) is 3.10. The van der Waals surface area contributed by atoms with Gasteiger partial charge in [0, 0.05) is 43.4 Å². The maximum Gasteiger partial charge on any atom is 0.407 e. The van der Waals surface area contributed by atoms with E-state index >= 15 is 0 Å². The van der Waals surface area contributed by atoms with E-state index in [0.717, 1.165) is 20.0 Å². The van der Waals surface area contributed by atoms with Crippen LogP contribution in [0.4, 0.5) is 4.79 Å². The van der Waals surface area contributed by atoms with Crippen molar-refractivity contribution in [3.63, 3.8) is 0 Å². The molecule has 36 heavy (non-hydrogen) atoms. The molecule has 0 atom stereocenters. The van der Waals surface area contributed by atoms with E-state index in [2.05, 4.69) is 38.1 Å². The number of hydrogen-bond donors (Lipinski definition) is 1. The average molecular weight is 526 g/mol. The predicted molar refractivity (Wildman–Crippen MR) is 149 cm³/mol. The quantitative estimate of drug-likeness (QED) is 0.238. The molecular weight excluding hydrogens is 494 g/mol. The van der Waals surface area contributed by atoms with Crippen molar-refractivity contribution < 1.29 is 9.90 Å². The van der Waals surface area contributed by atoms with Crippen LogP contribution in [0.3, 0.4) is 0 Å². The van der Waals surface area contributed by atoms with Crippen LogP contribution < -0.4 is 11.2 Å². The highest BCUT2D eigenvalue weighted by Crippen LogP contribution is 2.39. The molecule has 1 amide bonds. The monoisotopic (exact) mass is 525 g/mol. The lowest BCUT2D eigenvalue weighted by Crippen LogP contribution is -2.38. The first kappa shape index (κ1) is 26.0. The minimum Gasteiger partial charge on any atom is -0.465 e. The number of benzene rings is 2. The number of amides is 1. The second-order valence-corrected chi connectivity index (χ2v) is 11.6. The molecule has 0 bridgehead atoms. The predicted octanol–water partition coefficient (Wildman–Crippen LogP) is 5.25. The highest BCUT2D eigenvalue weighted by atomic mass is 32.2. The van der Waals surface area contributed by atoms with Gasteiger partial charge >= 0.3 is 11.8 Å². The lowest BCUT2D eigenvalue weighted by Gasteiger charge is -2.13. The summed E-state index contributed by atoms with van der Waals surface area (Å²) in [5, 5.41) is 12.1. The van der Waals surface area contributed by atoms with Crippen LogP contribution in [0.1, 0.15) is 30.7 Å². The summed E-state index contributed by atoms with van der Waals surface area (Å²) in [4.78, 5) is 41.5. The summed E-state index contributed by atoms with van der Waals surface area (Å²) in [5.41, 5.74) is 0.598. The Balaban J connectivity index is 1.83. The smallest absolute Gasteiger partial charge is 0.407 e. The summed E-state index contributed by atoms with van der Waals surface area (Å²) in [6, 6.07) is 14.5. The molecule has 4 rings (SSSR count). The average Bonchev–Trinajstić information content (AvgIpc) is 3.20. The van der Waals surface area contributed by atoms with Crippen molar-refractivity contribution in [3.8, 4) is 0 Å². The van der Waals surface area contributed by atoms with Crippen molar-refractivity contribution in [3.05, 3.63) is 73.7 Å². The van der Waals surface area contributed by atoms with E-state index in [4.69, 9.17) is 5.11 Å². The molecule has 7 nitrogen and oxygen atoms in total. The SMILES string of the molecule is CC(C)Cn1c(=O)n(C)c(=O)c2c(SCCCN(C)C(=O)O)c(Cc3cccc4ccccc34)sc21. The summed E-state index contributed by atoms with van der Waals surface area (Å²) in [6.07, 6.45) is 0.353. The highest BCUT2D eigenvalue weighted by Gasteiger charge is 2.22. The Bertz CT molecular complexity index is 1530. The maximum absolute atomic E-state index is 13.4. The lowest BCUT2D eigenvalue weighted by molar-refractivity contribution is 0.156. The third kappa shape index (κ3) is 5.22. The fourth-order valence-corrected chi connectivity index (χ4v) is 6.95. The molecule has 9 heteroatoms. The van der Waals surface area contributed by atoms with E-state index in [0.29, 0.717) is 37.1 Å². The molecule has 0 fully saturated rings. The van der Waals surface area contributed by atoms with Crippen molar-refractivity contribution in [2.75, 3.05) is 19.3 Å². The van der Waals surface area contributed by atoms with E-state index in [1.807, 2.05) is 18.2 Å². The zero-order chi connectivity index (χ0) is 26.0. The van der Waals surface area contributed by atoms with Gasteiger partial charge in [0.25, 0.3) is 5.56 Å². The first-order chi connectivity index (χ1) is 17.2. The van der Waals surface area contributed by atoms with Gasteiger partial charge in [0.15, 0.2) is 0 Å². The van der Waals surface area contributed by atoms with Gasteiger partial charge in [-0.3, -0.25) is 13.9 Å². The van der Waals surface area contributed by atoms with Crippen LogP contribution in [0.15, 0.2) is 56.9 Å². The summed E-state index contributed by atoms with van der Waals surface area (Å²) in [5.74, 6) is 0.910. The number of carbonyl (C=O) groups is 1. The standard InChI is InChI=1S/C27H31N3O4S2/c1-17(2)16-30-25-22(24(31)29(4)26(30)32)23(35-14-8-13-28(3)27(33)34)21(36-25)15-19-11-7-10-18-9-5-6-12-20(18)19/h5-7,9-12,17H,8,13-16H2,1-4H3,(H,33,34). The molecule has 1 N–H and O–H groups in total. The van der Waals surface area contributed by atoms with E-state index in [1.54, 1.807) is 30.4 Å². The molecule has 0 spiro atoms. The summed E-state index contributed by atoms with van der Waals surface area (Å²) in [6.45, 7) is 5.07. The molecule has 2 aromatic heterocycles. The van der Waals surface area contributed by atoms with Crippen LogP contribution in [-0.2, 0) is 20.0 Å². The van der Waals surface area contributed by atoms with Gasteiger partial charge in [0.2, 0.25) is 0 Å². The number of thiophene rings is 1. The number of fused-ring (bicyclic) bond motifs is 2. The van der Waals surface area contributed by atoms with Crippen LogP contribution in [0.2, 0.25) is 0 Å². The Kier molecular flexibility index (Phi) is 7.90. The summed E-state index contributed by atoms with van der Waals surface area (Å²) >= 11 is 3.11. The molecule has 0 aliphatic carbocycles. The molecule has 190 valence electrons. The van der Waals surface area contributed by atoms with E-state index < -0.39 is 6.09 Å². The van der Waals surface area contributed by atoms with Gasteiger partial charge in [0.1, 0.15) is 4.83 Å². The fourth-order valence-electron chi connectivity index (χ4n) is 4.34. The normalized spacial score (nSPS) is 11.6. The zero-order valence-corrected chi connectivity index (χ0v) is 22.6. The second kappa shape index (κ2) is 10.9. The molecule has 0 radical (unpaired) electrons. The number of hydrogen-bond acceptors (Lipinski definition) is 5. The van der Waals surface area contributed by atoms with Crippen molar-refractivity contribution in [1.29, 1.82) is 0 Å². The molecule has 2 aromatic carbocycles. The van der Waals surface area contributed by atoms with Crippen molar-refractivity contribution in [1.82, 2.24) is 14.0 Å². The molecule has 0 unspecified atom stereocenters. The van der Waals surface area contributed by atoms with Crippen molar-refractivity contribution in [2.24, 2.45) is 13.0 Å². The van der Waals surface area contributed by atoms with Gasteiger partial charge in [-0.15, -0.1) is 23.1 Å². The van der Waals surface area contributed by atoms with E-state index in [9.17, 15) is 14.4 Å². The number of nitrogens with zero attached hydrogens (tertiary/aromatic N) is 3. The summed E-state index contributed by atoms with van der Waals surface area (Å²) < 4.78 is 2.95. The largest absolute Gasteiger partial charge is 0.465 e. The highest BCUT2D eigenvalue weighted by molar-refractivity contribution is 7.99.